The maximum Gasteiger partial charge on any atom is 0.240 e. The number of pyridine rings is 1. The van der Waals surface area contributed by atoms with Crippen molar-refractivity contribution in [3.63, 3.8) is 0 Å². The van der Waals surface area contributed by atoms with E-state index in [9.17, 15) is 5.11 Å². The number of nitrogens with zero attached hydrogens (tertiary/aromatic N) is 4. The first-order valence-electron chi connectivity index (χ1n) is 8.76. The van der Waals surface area contributed by atoms with Crippen LogP contribution >= 0.6 is 11.8 Å². The number of rotatable bonds is 6. The molecule has 136 valence electrons. The van der Waals surface area contributed by atoms with Crippen LogP contribution in [0.4, 0.5) is 0 Å². The predicted molar refractivity (Wildman–Crippen MR) is 102 cm³/mol. The molecule has 1 aromatic carbocycles. The lowest BCUT2D eigenvalue weighted by Crippen LogP contribution is -2.21. The SMILES string of the molecule is CSCc1noc(CN2C[C@@H](Cc3ccnc4ccccc34)[C@H](O)C2)n1. The molecule has 3 aromatic rings. The molecule has 1 aliphatic heterocycles. The summed E-state index contributed by atoms with van der Waals surface area (Å²) in [5.74, 6) is 2.29. The highest BCUT2D eigenvalue weighted by atomic mass is 32.2. The lowest BCUT2D eigenvalue weighted by atomic mass is 9.94. The third-order valence-electron chi connectivity index (χ3n) is 4.85. The molecule has 0 aliphatic carbocycles. The molecule has 2 aromatic heterocycles. The highest BCUT2D eigenvalue weighted by molar-refractivity contribution is 7.97. The molecular weight excluding hydrogens is 348 g/mol. The van der Waals surface area contributed by atoms with E-state index in [0.29, 0.717) is 19.0 Å². The van der Waals surface area contributed by atoms with Crippen LogP contribution in [0.5, 0.6) is 0 Å². The number of hydrogen-bond donors (Lipinski definition) is 1. The van der Waals surface area contributed by atoms with E-state index in [1.54, 1.807) is 11.8 Å². The number of aromatic nitrogens is 3. The molecule has 1 aliphatic rings. The highest BCUT2D eigenvalue weighted by Gasteiger charge is 2.32. The van der Waals surface area contributed by atoms with Crippen molar-refractivity contribution >= 4 is 22.7 Å². The number of aliphatic hydroxyl groups is 1. The minimum atomic E-state index is -0.351. The van der Waals surface area contributed by atoms with Crippen molar-refractivity contribution in [3.05, 3.63) is 53.8 Å². The van der Waals surface area contributed by atoms with Gasteiger partial charge in [-0.05, 0) is 30.4 Å². The molecule has 0 spiro atoms. The molecule has 7 heteroatoms. The molecule has 1 fully saturated rings. The Balaban J connectivity index is 1.43. The second-order valence-corrected chi connectivity index (χ2v) is 7.62. The summed E-state index contributed by atoms with van der Waals surface area (Å²) in [6.45, 7) is 2.04. The number of aliphatic hydroxyl groups excluding tert-OH is 1. The molecule has 0 unspecified atom stereocenters. The van der Waals surface area contributed by atoms with Gasteiger partial charge in [-0.3, -0.25) is 9.88 Å². The zero-order valence-electron chi connectivity index (χ0n) is 14.7. The zero-order valence-corrected chi connectivity index (χ0v) is 15.5. The summed E-state index contributed by atoms with van der Waals surface area (Å²) in [5.41, 5.74) is 2.24. The number of para-hydroxylation sites is 1. The summed E-state index contributed by atoms with van der Waals surface area (Å²) in [6, 6.07) is 10.2. The Kier molecular flexibility index (Phi) is 5.19. The van der Waals surface area contributed by atoms with E-state index in [2.05, 4.69) is 32.2 Å². The Morgan fingerprint density at radius 3 is 3.04 bits per heavy atom. The fraction of sp³-hybridized carbons (Fsp3) is 0.421. The van der Waals surface area contributed by atoms with Gasteiger partial charge < -0.3 is 9.63 Å². The van der Waals surface area contributed by atoms with Crippen LogP contribution in [0.3, 0.4) is 0 Å². The molecule has 0 amide bonds. The Labute approximate surface area is 156 Å². The van der Waals surface area contributed by atoms with E-state index in [1.807, 2.05) is 30.7 Å². The highest BCUT2D eigenvalue weighted by Crippen LogP contribution is 2.26. The summed E-state index contributed by atoms with van der Waals surface area (Å²) in [5, 5.41) is 15.7. The van der Waals surface area contributed by atoms with Crippen LogP contribution in [0.15, 0.2) is 41.1 Å². The fourth-order valence-electron chi connectivity index (χ4n) is 3.62. The van der Waals surface area contributed by atoms with Crippen molar-refractivity contribution in [2.45, 2.75) is 24.8 Å². The summed E-state index contributed by atoms with van der Waals surface area (Å²) in [4.78, 5) is 11.0. The molecule has 6 nitrogen and oxygen atoms in total. The van der Waals surface area contributed by atoms with Gasteiger partial charge >= 0.3 is 0 Å². The smallest absolute Gasteiger partial charge is 0.240 e. The molecule has 4 rings (SSSR count). The van der Waals surface area contributed by atoms with Crippen LogP contribution in [-0.2, 0) is 18.7 Å². The quantitative estimate of drug-likeness (QED) is 0.714. The number of likely N-dealkylation sites (tertiary alicyclic amines) is 1. The lowest BCUT2D eigenvalue weighted by Gasteiger charge is -2.15. The second-order valence-electron chi connectivity index (χ2n) is 6.75. The summed E-state index contributed by atoms with van der Waals surface area (Å²) in [7, 11) is 0. The van der Waals surface area contributed by atoms with Gasteiger partial charge in [-0.1, -0.05) is 23.4 Å². The van der Waals surface area contributed by atoms with E-state index in [0.717, 1.165) is 30.1 Å². The van der Waals surface area contributed by atoms with Gasteiger partial charge in [-0.15, -0.1) is 0 Å². The molecule has 2 atom stereocenters. The maximum atomic E-state index is 10.5. The minimum Gasteiger partial charge on any atom is -0.391 e. The number of fused-ring (bicyclic) bond motifs is 1. The summed E-state index contributed by atoms with van der Waals surface area (Å²) < 4.78 is 5.32. The lowest BCUT2D eigenvalue weighted by molar-refractivity contribution is 0.139. The number of thioether (sulfide) groups is 1. The Bertz CT molecular complexity index is 879. The topological polar surface area (TPSA) is 75.3 Å². The van der Waals surface area contributed by atoms with Crippen LogP contribution in [-0.4, -0.2) is 50.6 Å². The van der Waals surface area contributed by atoms with Gasteiger partial charge in [0.05, 0.1) is 23.9 Å². The number of β-amino-alcohol motifs (C(OH)–C–C–N with tert-alkyl or cyclic N) is 1. The Morgan fingerprint density at radius 2 is 2.15 bits per heavy atom. The van der Waals surface area contributed by atoms with Gasteiger partial charge in [0.25, 0.3) is 0 Å². The van der Waals surface area contributed by atoms with E-state index >= 15 is 0 Å². The van der Waals surface area contributed by atoms with Gasteiger partial charge in [0, 0.05) is 30.6 Å². The second kappa shape index (κ2) is 7.73. The summed E-state index contributed by atoms with van der Waals surface area (Å²) in [6.07, 6.45) is 4.35. The minimum absolute atomic E-state index is 0.189. The average molecular weight is 370 g/mol. The van der Waals surface area contributed by atoms with Crippen LogP contribution in [0.25, 0.3) is 10.9 Å². The third-order valence-corrected chi connectivity index (χ3v) is 5.39. The van der Waals surface area contributed by atoms with Crippen molar-refractivity contribution in [2.24, 2.45) is 5.92 Å². The third kappa shape index (κ3) is 3.75. The number of benzene rings is 1. The van der Waals surface area contributed by atoms with Crippen molar-refractivity contribution in [1.29, 1.82) is 0 Å². The van der Waals surface area contributed by atoms with Crippen LogP contribution in [0.1, 0.15) is 17.3 Å². The van der Waals surface area contributed by atoms with Gasteiger partial charge in [0.15, 0.2) is 5.82 Å². The Hall–Kier alpha value is -1.96. The standard InChI is InChI=1S/C19H22N4O2S/c1-26-12-18-21-19(25-22-18)11-23-9-14(17(24)10-23)8-13-6-7-20-16-5-3-2-4-15(13)16/h2-7,14,17,24H,8-12H2,1H3/t14-,17-/m1/s1. The van der Waals surface area contributed by atoms with Gasteiger partial charge in [0.2, 0.25) is 5.89 Å². The number of hydrogen-bond acceptors (Lipinski definition) is 7. The van der Waals surface area contributed by atoms with Crippen molar-refractivity contribution in [2.75, 3.05) is 19.3 Å². The van der Waals surface area contributed by atoms with Gasteiger partial charge in [-0.25, -0.2) is 0 Å². The average Bonchev–Trinajstić information content (AvgIpc) is 3.22. The van der Waals surface area contributed by atoms with E-state index in [1.165, 1.54) is 10.9 Å². The normalized spacial score (nSPS) is 20.8. The monoisotopic (exact) mass is 370 g/mol. The van der Waals surface area contributed by atoms with Crippen molar-refractivity contribution < 1.29 is 9.63 Å². The first kappa shape index (κ1) is 17.5. The fourth-order valence-corrected chi connectivity index (χ4v) is 4.00. The van der Waals surface area contributed by atoms with Crippen molar-refractivity contribution in [3.8, 4) is 0 Å². The Morgan fingerprint density at radius 1 is 1.27 bits per heavy atom. The zero-order chi connectivity index (χ0) is 17.9. The van der Waals surface area contributed by atoms with Gasteiger partial charge in [-0.2, -0.15) is 16.7 Å². The van der Waals surface area contributed by atoms with Gasteiger partial charge in [0.1, 0.15) is 0 Å². The first-order valence-corrected chi connectivity index (χ1v) is 10.2. The van der Waals surface area contributed by atoms with E-state index in [-0.39, 0.29) is 12.0 Å². The van der Waals surface area contributed by atoms with E-state index < -0.39 is 0 Å². The van der Waals surface area contributed by atoms with E-state index in [4.69, 9.17) is 4.52 Å². The molecular formula is C19H22N4O2S. The van der Waals surface area contributed by atoms with Crippen molar-refractivity contribution in [1.82, 2.24) is 20.0 Å². The molecule has 1 saturated heterocycles. The molecule has 0 radical (unpaired) electrons. The maximum absolute atomic E-state index is 10.5. The van der Waals surface area contributed by atoms with Crippen LogP contribution < -0.4 is 0 Å². The molecule has 3 heterocycles. The molecule has 26 heavy (non-hydrogen) atoms. The summed E-state index contributed by atoms with van der Waals surface area (Å²) >= 11 is 1.67. The predicted octanol–water partition coefficient (Wildman–Crippen LogP) is 2.52. The molecule has 1 N–H and O–H groups in total. The molecule has 0 saturated carbocycles. The van der Waals surface area contributed by atoms with Crippen LogP contribution in [0, 0.1) is 5.92 Å². The largest absolute Gasteiger partial charge is 0.391 e. The molecule has 0 bridgehead atoms. The first-order chi connectivity index (χ1) is 12.7. The van der Waals surface area contributed by atoms with Crippen LogP contribution in [0.2, 0.25) is 0 Å².